The second-order valence-electron chi connectivity index (χ2n) is 14.6. The average Bonchev–Trinajstić information content (AvgIpc) is 3.81. The normalized spacial score (nSPS) is 11.9. The van der Waals surface area contributed by atoms with Crippen molar-refractivity contribution in [2.75, 3.05) is 0 Å². The molecule has 0 bridgehead atoms. The molecule has 0 spiro atoms. The molecule has 0 atom stereocenters. The third kappa shape index (κ3) is 5.13. The van der Waals surface area contributed by atoms with E-state index in [-0.39, 0.29) is 0 Å². The number of nitrogens with zero attached hydrogens (tertiary/aromatic N) is 4. The van der Waals surface area contributed by atoms with Crippen molar-refractivity contribution in [3.8, 4) is 22.8 Å². The van der Waals surface area contributed by atoms with Crippen molar-refractivity contribution < 1.29 is 0 Å². The van der Waals surface area contributed by atoms with E-state index in [0.717, 1.165) is 33.2 Å². The first-order valence-corrected chi connectivity index (χ1v) is 21.4. The summed E-state index contributed by atoms with van der Waals surface area (Å²) in [4.78, 5) is 10.5. The van der Waals surface area contributed by atoms with E-state index in [1.807, 2.05) is 0 Å². The SMILES string of the molecule is c1ccc([Si](c2ccccc2)(c2ccccc2)c2cnc(-c3ccccc3-n3c4ccccc4c4cc(-n5c6ccccc6c6ccccc65)ccc43)nc2)cc1. The van der Waals surface area contributed by atoms with Gasteiger partial charge >= 0.3 is 0 Å². The molecule has 5 heteroatoms. The molecule has 8 aromatic carbocycles. The molecule has 0 N–H and O–H groups in total. The van der Waals surface area contributed by atoms with Crippen LogP contribution < -0.4 is 20.7 Å². The molecule has 0 saturated carbocycles. The number of hydrogen-bond donors (Lipinski definition) is 0. The summed E-state index contributed by atoms with van der Waals surface area (Å²) in [5.74, 6) is 0.694. The van der Waals surface area contributed by atoms with Gasteiger partial charge in [-0.05, 0) is 69.3 Å². The Morgan fingerprint density at radius 1 is 0.333 bits per heavy atom. The quantitative estimate of drug-likeness (QED) is 0.120. The zero-order valence-electron chi connectivity index (χ0n) is 31.1. The Balaban J connectivity index is 1.09. The van der Waals surface area contributed by atoms with E-state index in [1.165, 1.54) is 48.1 Å². The Labute approximate surface area is 331 Å². The molecule has 0 unspecified atom stereocenters. The number of para-hydroxylation sites is 4. The van der Waals surface area contributed by atoms with Gasteiger partial charge < -0.3 is 9.13 Å². The third-order valence-electron chi connectivity index (χ3n) is 11.6. The van der Waals surface area contributed by atoms with Gasteiger partial charge in [-0.3, -0.25) is 0 Å². The van der Waals surface area contributed by atoms with E-state index < -0.39 is 8.07 Å². The van der Waals surface area contributed by atoms with Crippen LogP contribution in [-0.4, -0.2) is 27.2 Å². The van der Waals surface area contributed by atoms with Gasteiger partial charge in [-0.2, -0.15) is 0 Å². The van der Waals surface area contributed by atoms with Crippen LogP contribution in [-0.2, 0) is 0 Å². The van der Waals surface area contributed by atoms with E-state index in [4.69, 9.17) is 9.97 Å². The number of rotatable bonds is 7. The summed E-state index contributed by atoms with van der Waals surface area (Å²) in [5, 5.41) is 9.94. The van der Waals surface area contributed by atoms with Crippen LogP contribution in [0.4, 0.5) is 0 Å². The fourth-order valence-corrected chi connectivity index (χ4v) is 13.7. The molecule has 0 aliphatic heterocycles. The lowest BCUT2D eigenvalue weighted by molar-refractivity contribution is 1.14. The molecule has 3 aromatic heterocycles. The first-order chi connectivity index (χ1) is 28.3. The van der Waals surface area contributed by atoms with Gasteiger partial charge in [0.2, 0.25) is 0 Å². The summed E-state index contributed by atoms with van der Waals surface area (Å²) in [6, 6.07) is 74.3. The van der Waals surface area contributed by atoms with Crippen LogP contribution in [0.5, 0.6) is 0 Å². The fraction of sp³-hybridized carbons (Fsp3) is 0. The van der Waals surface area contributed by atoms with E-state index >= 15 is 0 Å². The molecule has 11 aromatic rings. The van der Waals surface area contributed by atoms with Gasteiger partial charge in [0, 0.05) is 45.2 Å². The summed E-state index contributed by atoms with van der Waals surface area (Å²) in [6.07, 6.45) is 4.17. The molecule has 0 saturated heterocycles. The highest BCUT2D eigenvalue weighted by Gasteiger charge is 2.42. The number of benzene rings is 8. The molecule has 3 heterocycles. The molecule has 268 valence electrons. The molecule has 0 aliphatic rings. The van der Waals surface area contributed by atoms with E-state index in [0.29, 0.717) is 5.82 Å². The Hall–Kier alpha value is -7.34. The van der Waals surface area contributed by atoms with Crippen molar-refractivity contribution in [3.05, 3.63) is 219 Å². The first-order valence-electron chi connectivity index (χ1n) is 19.4. The lowest BCUT2D eigenvalue weighted by Gasteiger charge is -2.33. The number of fused-ring (bicyclic) bond motifs is 6. The van der Waals surface area contributed by atoms with Crippen LogP contribution in [0.25, 0.3) is 66.4 Å². The predicted octanol–water partition coefficient (Wildman–Crippen LogP) is 9.72. The lowest BCUT2D eigenvalue weighted by atomic mass is 10.1. The predicted molar refractivity (Wildman–Crippen MR) is 240 cm³/mol. The number of hydrogen-bond acceptors (Lipinski definition) is 2. The van der Waals surface area contributed by atoms with Crippen molar-refractivity contribution in [1.82, 2.24) is 19.1 Å². The van der Waals surface area contributed by atoms with Crippen LogP contribution in [0.1, 0.15) is 0 Å². The first kappa shape index (κ1) is 33.0. The second kappa shape index (κ2) is 13.4. The maximum atomic E-state index is 5.23. The highest BCUT2D eigenvalue weighted by Crippen LogP contribution is 2.38. The molecule has 0 fully saturated rings. The minimum absolute atomic E-state index is 0.694. The van der Waals surface area contributed by atoms with Crippen LogP contribution in [0, 0.1) is 0 Å². The minimum atomic E-state index is -2.76. The Morgan fingerprint density at radius 2 is 0.754 bits per heavy atom. The largest absolute Gasteiger partial charge is 0.309 e. The van der Waals surface area contributed by atoms with Crippen LogP contribution in [0.15, 0.2) is 219 Å². The highest BCUT2D eigenvalue weighted by atomic mass is 28.3. The Bertz CT molecular complexity index is 3070. The molecular weight excluding hydrogens is 709 g/mol. The summed E-state index contributed by atoms with van der Waals surface area (Å²) in [5.41, 5.74) is 7.83. The fourth-order valence-electron chi connectivity index (χ4n) is 9.14. The number of aromatic nitrogens is 4. The van der Waals surface area contributed by atoms with Gasteiger partial charge in [-0.15, -0.1) is 0 Å². The topological polar surface area (TPSA) is 35.6 Å². The van der Waals surface area contributed by atoms with Crippen molar-refractivity contribution in [3.63, 3.8) is 0 Å². The Morgan fingerprint density at radius 3 is 1.30 bits per heavy atom. The van der Waals surface area contributed by atoms with Gasteiger partial charge in [0.15, 0.2) is 13.9 Å². The smallest absolute Gasteiger partial charge is 0.183 e. The molecule has 0 radical (unpaired) electrons. The lowest BCUT2D eigenvalue weighted by Crippen LogP contribution is -2.74. The maximum absolute atomic E-state index is 5.23. The monoisotopic (exact) mass is 744 g/mol. The van der Waals surface area contributed by atoms with Gasteiger partial charge in [-0.25, -0.2) is 9.97 Å². The standard InChI is InChI=1S/C52H36N4Si/c1-4-18-38(19-5-1)57(39-20-6-2-7-21-39,40-22-8-3-9-23-40)41-35-53-52(54-36-41)45-27-13-17-31-50(45)56-49-30-16-12-26-44(49)46-34-37(32-33-51(46)56)55-47-28-14-10-24-42(47)43-25-11-15-29-48(43)55/h1-36H. The molecule has 11 rings (SSSR count). The van der Waals surface area contributed by atoms with Crippen molar-refractivity contribution in [2.24, 2.45) is 0 Å². The van der Waals surface area contributed by atoms with Gasteiger partial charge in [0.05, 0.1) is 27.8 Å². The molecule has 0 amide bonds. The Kier molecular flexibility index (Phi) is 7.79. The van der Waals surface area contributed by atoms with Gasteiger partial charge in [-0.1, -0.05) is 158 Å². The summed E-state index contributed by atoms with van der Waals surface area (Å²) < 4.78 is 4.77. The van der Waals surface area contributed by atoms with E-state index in [2.05, 4.69) is 228 Å². The molecular formula is C52H36N4Si. The zero-order chi connectivity index (χ0) is 37.8. The van der Waals surface area contributed by atoms with Crippen molar-refractivity contribution in [1.29, 1.82) is 0 Å². The van der Waals surface area contributed by atoms with Crippen molar-refractivity contribution >= 4 is 72.4 Å². The third-order valence-corrected chi connectivity index (χ3v) is 16.3. The average molecular weight is 745 g/mol. The molecule has 57 heavy (non-hydrogen) atoms. The van der Waals surface area contributed by atoms with E-state index in [9.17, 15) is 0 Å². The summed E-state index contributed by atoms with van der Waals surface area (Å²) >= 11 is 0. The van der Waals surface area contributed by atoms with Crippen LogP contribution in [0.2, 0.25) is 0 Å². The van der Waals surface area contributed by atoms with Gasteiger partial charge in [0.25, 0.3) is 0 Å². The van der Waals surface area contributed by atoms with Crippen LogP contribution in [0.3, 0.4) is 0 Å². The molecule has 0 aliphatic carbocycles. The van der Waals surface area contributed by atoms with Gasteiger partial charge in [0.1, 0.15) is 0 Å². The maximum Gasteiger partial charge on any atom is 0.183 e. The zero-order valence-corrected chi connectivity index (χ0v) is 32.1. The molecule has 4 nitrogen and oxygen atoms in total. The van der Waals surface area contributed by atoms with Crippen molar-refractivity contribution in [2.45, 2.75) is 0 Å². The summed E-state index contributed by atoms with van der Waals surface area (Å²) in [7, 11) is -2.76. The highest BCUT2D eigenvalue weighted by molar-refractivity contribution is 7.19. The second-order valence-corrected chi connectivity index (χ2v) is 18.4. The minimum Gasteiger partial charge on any atom is -0.309 e. The van der Waals surface area contributed by atoms with E-state index in [1.54, 1.807) is 0 Å². The van der Waals surface area contributed by atoms with Crippen LogP contribution >= 0.6 is 0 Å². The summed E-state index contributed by atoms with van der Waals surface area (Å²) in [6.45, 7) is 0.